The molecule has 1 heterocycles. The molecule has 2 rings (SSSR count). The summed E-state index contributed by atoms with van der Waals surface area (Å²) in [6, 6.07) is 0.378. The highest BCUT2D eigenvalue weighted by molar-refractivity contribution is 5.78. The van der Waals surface area contributed by atoms with Crippen molar-refractivity contribution in [2.75, 3.05) is 26.2 Å². The minimum atomic E-state index is 0.256. The summed E-state index contributed by atoms with van der Waals surface area (Å²) < 4.78 is 0. The minimum Gasteiger partial charge on any atom is -0.395 e. The lowest BCUT2D eigenvalue weighted by Crippen LogP contribution is -2.35. The zero-order chi connectivity index (χ0) is 15.1. The lowest BCUT2D eigenvalue weighted by Gasteiger charge is -2.26. The van der Waals surface area contributed by atoms with Gasteiger partial charge in [-0.2, -0.15) is 0 Å². The molecule has 1 aliphatic carbocycles. The number of rotatable bonds is 7. The van der Waals surface area contributed by atoms with Gasteiger partial charge in [-0.05, 0) is 57.5 Å². The van der Waals surface area contributed by atoms with Crippen LogP contribution in [-0.2, 0) is 4.79 Å². The van der Waals surface area contributed by atoms with Crippen molar-refractivity contribution in [3.8, 4) is 0 Å². The Morgan fingerprint density at radius 1 is 1.24 bits per heavy atom. The lowest BCUT2D eigenvalue weighted by molar-refractivity contribution is -0.126. The van der Waals surface area contributed by atoms with Gasteiger partial charge in [0.05, 0.1) is 6.61 Å². The number of hydrogen-bond acceptors (Lipinski definition) is 3. The quantitative estimate of drug-likeness (QED) is 0.708. The molecule has 3 unspecified atom stereocenters. The van der Waals surface area contributed by atoms with E-state index in [1.165, 1.54) is 19.3 Å². The Kier molecular flexibility index (Phi) is 6.97. The van der Waals surface area contributed by atoms with Gasteiger partial charge in [0.15, 0.2) is 0 Å². The third kappa shape index (κ3) is 5.26. The molecule has 21 heavy (non-hydrogen) atoms. The van der Waals surface area contributed by atoms with Gasteiger partial charge < -0.3 is 10.4 Å². The van der Waals surface area contributed by atoms with E-state index >= 15 is 0 Å². The van der Waals surface area contributed by atoms with Gasteiger partial charge in [0.25, 0.3) is 0 Å². The van der Waals surface area contributed by atoms with Crippen LogP contribution in [0.15, 0.2) is 0 Å². The van der Waals surface area contributed by atoms with E-state index < -0.39 is 0 Å². The van der Waals surface area contributed by atoms with Gasteiger partial charge in [0, 0.05) is 18.5 Å². The summed E-state index contributed by atoms with van der Waals surface area (Å²) in [6.45, 7) is 5.53. The monoisotopic (exact) mass is 296 g/mol. The van der Waals surface area contributed by atoms with Gasteiger partial charge in [-0.15, -0.1) is 0 Å². The van der Waals surface area contributed by atoms with Crippen molar-refractivity contribution in [3.63, 3.8) is 0 Å². The predicted molar refractivity (Wildman–Crippen MR) is 85.0 cm³/mol. The van der Waals surface area contributed by atoms with Crippen LogP contribution < -0.4 is 5.32 Å². The number of aliphatic hydroxyl groups excluding tert-OH is 1. The number of carbonyl (C=O) groups excluding carboxylic acids is 1. The van der Waals surface area contributed by atoms with Crippen LogP contribution in [0.25, 0.3) is 0 Å². The van der Waals surface area contributed by atoms with Crippen LogP contribution in [0.1, 0.15) is 58.3 Å². The van der Waals surface area contributed by atoms with Crippen LogP contribution in [0.4, 0.5) is 0 Å². The van der Waals surface area contributed by atoms with Crippen molar-refractivity contribution in [3.05, 3.63) is 0 Å². The summed E-state index contributed by atoms with van der Waals surface area (Å²) in [7, 11) is 0. The molecule has 0 aromatic heterocycles. The van der Waals surface area contributed by atoms with Crippen LogP contribution in [0, 0.1) is 11.8 Å². The highest BCUT2D eigenvalue weighted by Crippen LogP contribution is 2.28. The predicted octanol–water partition coefficient (Wildman–Crippen LogP) is 2.17. The third-order valence-electron chi connectivity index (χ3n) is 5.19. The van der Waals surface area contributed by atoms with Gasteiger partial charge in [0.1, 0.15) is 0 Å². The molecule has 2 N–H and O–H groups in total. The maximum Gasteiger partial charge on any atom is 0.223 e. The molecule has 0 aromatic rings. The molecule has 4 nitrogen and oxygen atoms in total. The van der Waals surface area contributed by atoms with E-state index in [-0.39, 0.29) is 18.4 Å². The largest absolute Gasteiger partial charge is 0.395 e. The molecule has 2 aliphatic rings. The van der Waals surface area contributed by atoms with Gasteiger partial charge in [-0.3, -0.25) is 9.69 Å². The Balaban J connectivity index is 1.54. The summed E-state index contributed by atoms with van der Waals surface area (Å²) in [5.41, 5.74) is 0. The van der Waals surface area contributed by atoms with Gasteiger partial charge in [-0.1, -0.05) is 19.8 Å². The number of carbonyl (C=O) groups is 1. The number of nitrogens with zero attached hydrogens (tertiary/aromatic N) is 1. The first-order valence-electron chi connectivity index (χ1n) is 8.83. The van der Waals surface area contributed by atoms with Crippen molar-refractivity contribution in [2.24, 2.45) is 11.8 Å². The Morgan fingerprint density at radius 2 is 2.10 bits per heavy atom. The minimum absolute atomic E-state index is 0.256. The van der Waals surface area contributed by atoms with Gasteiger partial charge >= 0.3 is 0 Å². The molecule has 4 heteroatoms. The molecular formula is C17H32N2O2. The average molecular weight is 296 g/mol. The number of aliphatic hydroxyl groups is 1. The van der Waals surface area contributed by atoms with E-state index in [2.05, 4.69) is 17.1 Å². The van der Waals surface area contributed by atoms with Crippen molar-refractivity contribution in [1.82, 2.24) is 10.2 Å². The zero-order valence-corrected chi connectivity index (χ0v) is 13.5. The molecule has 2 fully saturated rings. The normalized spacial score (nSPS) is 30.5. The van der Waals surface area contributed by atoms with Crippen molar-refractivity contribution in [1.29, 1.82) is 0 Å². The molecule has 0 aromatic carbocycles. The van der Waals surface area contributed by atoms with Crippen molar-refractivity contribution >= 4 is 5.91 Å². The van der Waals surface area contributed by atoms with E-state index in [1.54, 1.807) is 0 Å². The van der Waals surface area contributed by atoms with Crippen LogP contribution in [0.3, 0.4) is 0 Å². The molecule has 3 atom stereocenters. The standard InChI is InChI=1S/C17H32N2O2/c1-14-6-4-7-15(12-14)17(21)18-9-2-3-10-19-11-5-8-16(19)13-20/h14-16,20H,2-13H2,1H3,(H,18,21). The summed E-state index contributed by atoms with van der Waals surface area (Å²) in [4.78, 5) is 14.5. The van der Waals surface area contributed by atoms with Crippen molar-refractivity contribution in [2.45, 2.75) is 64.3 Å². The Labute approximate surface area is 129 Å². The number of likely N-dealkylation sites (tertiary alicyclic amines) is 1. The fraction of sp³-hybridized carbons (Fsp3) is 0.941. The van der Waals surface area contributed by atoms with Crippen LogP contribution in [-0.4, -0.2) is 48.2 Å². The second kappa shape index (κ2) is 8.74. The van der Waals surface area contributed by atoms with E-state index in [0.717, 1.165) is 51.7 Å². The van der Waals surface area contributed by atoms with E-state index in [9.17, 15) is 9.90 Å². The Morgan fingerprint density at radius 3 is 2.86 bits per heavy atom. The maximum absolute atomic E-state index is 12.1. The van der Waals surface area contributed by atoms with Gasteiger partial charge in [-0.25, -0.2) is 0 Å². The summed E-state index contributed by atoms with van der Waals surface area (Å²) >= 11 is 0. The first kappa shape index (κ1) is 16.8. The van der Waals surface area contributed by atoms with Crippen LogP contribution in [0.5, 0.6) is 0 Å². The molecule has 0 spiro atoms. The fourth-order valence-corrected chi connectivity index (χ4v) is 3.86. The highest BCUT2D eigenvalue weighted by Gasteiger charge is 2.25. The van der Waals surface area contributed by atoms with E-state index in [1.807, 2.05) is 0 Å². The first-order chi connectivity index (χ1) is 10.2. The molecule has 0 radical (unpaired) electrons. The summed E-state index contributed by atoms with van der Waals surface area (Å²) in [5.74, 6) is 1.24. The molecule has 1 saturated heterocycles. The SMILES string of the molecule is CC1CCCC(C(=O)NCCCCN2CCCC2CO)C1. The topological polar surface area (TPSA) is 52.6 Å². The number of amides is 1. The summed E-state index contributed by atoms with van der Waals surface area (Å²) in [5, 5.41) is 12.4. The van der Waals surface area contributed by atoms with E-state index in [0.29, 0.717) is 12.0 Å². The average Bonchev–Trinajstić information content (AvgIpc) is 2.94. The second-order valence-corrected chi connectivity index (χ2v) is 6.98. The van der Waals surface area contributed by atoms with Crippen LogP contribution >= 0.6 is 0 Å². The maximum atomic E-state index is 12.1. The Bertz CT molecular complexity index is 322. The zero-order valence-electron chi connectivity index (χ0n) is 13.5. The molecule has 1 aliphatic heterocycles. The number of unbranched alkanes of at least 4 members (excludes halogenated alkanes) is 1. The molecule has 122 valence electrons. The van der Waals surface area contributed by atoms with Gasteiger partial charge in [0.2, 0.25) is 5.91 Å². The van der Waals surface area contributed by atoms with Crippen molar-refractivity contribution < 1.29 is 9.90 Å². The Hall–Kier alpha value is -0.610. The second-order valence-electron chi connectivity index (χ2n) is 6.98. The van der Waals surface area contributed by atoms with Crippen LogP contribution in [0.2, 0.25) is 0 Å². The molecule has 1 saturated carbocycles. The molecular weight excluding hydrogens is 264 g/mol. The summed E-state index contributed by atoms with van der Waals surface area (Å²) in [6.07, 6.45) is 9.12. The number of hydrogen-bond donors (Lipinski definition) is 2. The number of nitrogens with one attached hydrogen (secondary N) is 1. The highest BCUT2D eigenvalue weighted by atomic mass is 16.3. The molecule has 1 amide bonds. The smallest absolute Gasteiger partial charge is 0.223 e. The fourth-order valence-electron chi connectivity index (χ4n) is 3.86. The first-order valence-corrected chi connectivity index (χ1v) is 8.83. The third-order valence-corrected chi connectivity index (χ3v) is 5.19. The van der Waals surface area contributed by atoms with E-state index in [4.69, 9.17) is 0 Å². The molecule has 0 bridgehead atoms. The lowest BCUT2D eigenvalue weighted by atomic mass is 9.82.